The number of nitrogens with zero attached hydrogens (tertiary/aromatic N) is 2. The summed E-state index contributed by atoms with van der Waals surface area (Å²) in [5.41, 5.74) is -6.30. The number of hydrogen-bond acceptors (Lipinski definition) is 4. The molecule has 1 aromatic rings. The van der Waals surface area contributed by atoms with Crippen molar-refractivity contribution < 1.29 is 41.0 Å². The molecule has 1 fully saturated rings. The molecule has 1 saturated heterocycles. The topological polar surface area (TPSA) is 53.0 Å². The number of hydrogen-bond donors (Lipinski definition) is 1. The number of rotatable bonds is 4. The Kier molecular flexibility index (Phi) is 7.45. The molecule has 1 aromatic carbocycles. The van der Waals surface area contributed by atoms with Crippen molar-refractivity contribution in [1.82, 2.24) is 9.80 Å². The molecule has 11 heteroatoms. The SMILES string of the molecule is CN(C(=O)OC(C)(C)C)C1CCN(Cc2ccc(C(O)(C(F)(F)F)C(F)(F)F)cc2)CC1. The minimum atomic E-state index is -5.91. The summed E-state index contributed by atoms with van der Waals surface area (Å²) in [6.07, 6.45) is -10.9. The third kappa shape index (κ3) is 5.86. The van der Waals surface area contributed by atoms with E-state index in [4.69, 9.17) is 4.74 Å². The van der Waals surface area contributed by atoms with Gasteiger partial charge in [0.1, 0.15) is 5.60 Å². The fourth-order valence-electron chi connectivity index (χ4n) is 3.55. The summed E-state index contributed by atoms with van der Waals surface area (Å²) in [5, 5.41) is 9.46. The van der Waals surface area contributed by atoms with Crippen LogP contribution < -0.4 is 0 Å². The minimum Gasteiger partial charge on any atom is -0.444 e. The smallest absolute Gasteiger partial charge is 0.430 e. The standard InChI is InChI=1S/C21H28F6N2O3/c1-18(2,3)32-17(30)28(4)16-9-11-29(12-10-16)13-14-5-7-15(8-6-14)19(31,20(22,23)24)21(25,26)27/h5-8,16,31H,9-13H2,1-4H3. The third-order valence-corrected chi connectivity index (χ3v) is 5.38. The van der Waals surface area contributed by atoms with E-state index in [1.165, 1.54) is 0 Å². The second-order valence-corrected chi connectivity index (χ2v) is 9.00. The quantitative estimate of drug-likeness (QED) is 0.641. The molecule has 2 rings (SSSR count). The van der Waals surface area contributed by atoms with Crippen LogP contribution in [0.25, 0.3) is 0 Å². The fourth-order valence-corrected chi connectivity index (χ4v) is 3.55. The Bertz CT molecular complexity index is 765. The number of piperidine rings is 1. The van der Waals surface area contributed by atoms with Crippen molar-refractivity contribution in [3.05, 3.63) is 35.4 Å². The molecule has 0 spiro atoms. The monoisotopic (exact) mass is 470 g/mol. The highest BCUT2D eigenvalue weighted by Crippen LogP contribution is 2.49. The Morgan fingerprint density at radius 3 is 1.91 bits per heavy atom. The maximum absolute atomic E-state index is 13.0. The van der Waals surface area contributed by atoms with Gasteiger partial charge in [-0.2, -0.15) is 26.3 Å². The van der Waals surface area contributed by atoms with Crippen LogP contribution in [0.1, 0.15) is 44.7 Å². The zero-order valence-corrected chi connectivity index (χ0v) is 18.3. The molecule has 0 bridgehead atoms. The Morgan fingerprint density at radius 1 is 1.03 bits per heavy atom. The Balaban J connectivity index is 1.99. The highest BCUT2D eigenvalue weighted by atomic mass is 19.4. The Hall–Kier alpha value is -2.01. The molecule has 1 amide bonds. The van der Waals surface area contributed by atoms with Crippen molar-refractivity contribution >= 4 is 6.09 Å². The summed E-state index contributed by atoms with van der Waals surface area (Å²) in [4.78, 5) is 15.7. The summed E-state index contributed by atoms with van der Waals surface area (Å²) in [5.74, 6) is 0. The van der Waals surface area contributed by atoms with Gasteiger partial charge in [0, 0.05) is 38.3 Å². The fraction of sp³-hybridized carbons (Fsp3) is 0.667. The molecule has 5 nitrogen and oxygen atoms in total. The van der Waals surface area contributed by atoms with Crippen LogP contribution in [0.2, 0.25) is 0 Å². The van der Waals surface area contributed by atoms with E-state index in [0.717, 1.165) is 12.1 Å². The molecule has 1 aliphatic heterocycles. The van der Waals surface area contributed by atoms with Crippen molar-refractivity contribution in [2.45, 2.75) is 69.8 Å². The van der Waals surface area contributed by atoms with E-state index < -0.39 is 35.2 Å². The van der Waals surface area contributed by atoms with Gasteiger partial charge in [0.15, 0.2) is 0 Å². The number of likely N-dealkylation sites (tertiary alicyclic amines) is 1. The van der Waals surface area contributed by atoms with Gasteiger partial charge in [-0.15, -0.1) is 0 Å². The summed E-state index contributed by atoms with van der Waals surface area (Å²) in [6.45, 7) is 6.83. The van der Waals surface area contributed by atoms with Gasteiger partial charge in [0.25, 0.3) is 5.60 Å². The number of carbonyl (C=O) groups is 1. The van der Waals surface area contributed by atoms with E-state index in [1.54, 1.807) is 32.7 Å². The van der Waals surface area contributed by atoms with E-state index >= 15 is 0 Å². The van der Waals surface area contributed by atoms with Crippen molar-refractivity contribution in [1.29, 1.82) is 0 Å². The van der Waals surface area contributed by atoms with Gasteiger partial charge in [0.05, 0.1) is 0 Å². The molecule has 1 heterocycles. The van der Waals surface area contributed by atoms with Crippen molar-refractivity contribution in [3.8, 4) is 0 Å². The second-order valence-electron chi connectivity index (χ2n) is 9.00. The maximum Gasteiger partial charge on any atom is 0.430 e. The van der Waals surface area contributed by atoms with Gasteiger partial charge in [-0.25, -0.2) is 4.79 Å². The molecule has 0 aromatic heterocycles. The minimum absolute atomic E-state index is 0.0305. The van der Waals surface area contributed by atoms with Crippen molar-refractivity contribution in [3.63, 3.8) is 0 Å². The van der Waals surface area contributed by atoms with Crippen molar-refractivity contribution in [2.75, 3.05) is 20.1 Å². The molecule has 0 unspecified atom stereocenters. The van der Waals surface area contributed by atoms with Crippen LogP contribution in [-0.4, -0.2) is 65.1 Å². The third-order valence-electron chi connectivity index (χ3n) is 5.38. The van der Waals surface area contributed by atoms with Crippen LogP contribution in [0, 0.1) is 0 Å². The predicted molar refractivity (Wildman–Crippen MR) is 105 cm³/mol. The largest absolute Gasteiger partial charge is 0.444 e. The first-order chi connectivity index (χ1) is 14.5. The molecule has 0 aliphatic carbocycles. The van der Waals surface area contributed by atoms with E-state index in [-0.39, 0.29) is 6.04 Å². The molecule has 32 heavy (non-hydrogen) atoms. The van der Waals surface area contributed by atoms with Crippen molar-refractivity contribution in [2.24, 2.45) is 0 Å². The van der Waals surface area contributed by atoms with E-state index in [9.17, 15) is 36.2 Å². The van der Waals surface area contributed by atoms with Gasteiger partial charge < -0.3 is 14.7 Å². The van der Waals surface area contributed by atoms with E-state index in [2.05, 4.69) is 0 Å². The lowest BCUT2D eigenvalue weighted by Gasteiger charge is -2.37. The number of amides is 1. The first-order valence-corrected chi connectivity index (χ1v) is 10.1. The summed E-state index contributed by atoms with van der Waals surface area (Å²) >= 11 is 0. The zero-order chi connectivity index (χ0) is 24.5. The van der Waals surface area contributed by atoms with Crippen LogP contribution in [0.5, 0.6) is 0 Å². The Morgan fingerprint density at radius 2 is 1.50 bits per heavy atom. The summed E-state index contributed by atoms with van der Waals surface area (Å²) in [7, 11) is 1.66. The molecule has 0 saturated carbocycles. The first-order valence-electron chi connectivity index (χ1n) is 10.1. The van der Waals surface area contributed by atoms with Crippen LogP contribution in [0.3, 0.4) is 0 Å². The van der Waals surface area contributed by atoms with Crippen LogP contribution >= 0.6 is 0 Å². The summed E-state index contributed by atoms with van der Waals surface area (Å²) in [6, 6.07) is 3.57. The van der Waals surface area contributed by atoms with Gasteiger partial charge in [-0.05, 0) is 39.2 Å². The normalized spacial score (nSPS) is 17.3. The second kappa shape index (κ2) is 9.09. The van der Waals surface area contributed by atoms with Gasteiger partial charge in [-0.3, -0.25) is 4.90 Å². The number of alkyl halides is 6. The molecular weight excluding hydrogens is 442 g/mol. The number of carbonyl (C=O) groups excluding carboxylic acids is 1. The van der Waals surface area contributed by atoms with Gasteiger partial charge in [0.2, 0.25) is 0 Å². The highest BCUT2D eigenvalue weighted by Gasteiger charge is 2.71. The van der Waals surface area contributed by atoms with E-state index in [0.29, 0.717) is 50.2 Å². The highest BCUT2D eigenvalue weighted by molar-refractivity contribution is 5.68. The van der Waals surface area contributed by atoms with Crippen LogP contribution in [-0.2, 0) is 16.9 Å². The first kappa shape index (κ1) is 26.2. The molecular formula is C21H28F6N2O3. The molecule has 182 valence electrons. The van der Waals surface area contributed by atoms with Gasteiger partial charge in [-0.1, -0.05) is 24.3 Å². The predicted octanol–water partition coefficient (Wildman–Crippen LogP) is 4.83. The Labute approximate surface area is 182 Å². The summed E-state index contributed by atoms with van der Waals surface area (Å²) < 4.78 is 83.3. The zero-order valence-electron chi connectivity index (χ0n) is 18.3. The average Bonchev–Trinajstić information content (AvgIpc) is 2.65. The number of ether oxygens (including phenoxy) is 1. The molecule has 1 N–H and O–H groups in total. The average molecular weight is 470 g/mol. The lowest BCUT2D eigenvalue weighted by molar-refractivity contribution is -0.376. The lowest BCUT2D eigenvalue weighted by atomic mass is 9.91. The maximum atomic E-state index is 13.0. The van der Waals surface area contributed by atoms with Gasteiger partial charge >= 0.3 is 18.4 Å². The molecule has 1 aliphatic rings. The van der Waals surface area contributed by atoms with Crippen LogP contribution in [0.4, 0.5) is 31.1 Å². The van der Waals surface area contributed by atoms with Crippen LogP contribution in [0.15, 0.2) is 24.3 Å². The molecule has 0 atom stereocenters. The number of halogens is 6. The number of benzene rings is 1. The molecule has 0 radical (unpaired) electrons. The number of aliphatic hydroxyl groups is 1. The van der Waals surface area contributed by atoms with E-state index in [1.807, 2.05) is 4.90 Å². The lowest BCUT2D eigenvalue weighted by Crippen LogP contribution is -2.53.